The molecule has 4 heteroatoms. The molecule has 0 aromatic carbocycles. The number of amides is 1. The van der Waals surface area contributed by atoms with Crippen LogP contribution in [0.25, 0.3) is 0 Å². The Morgan fingerprint density at radius 3 is 2.60 bits per heavy atom. The third-order valence-corrected chi connectivity index (χ3v) is 1.08. The molecule has 0 aliphatic heterocycles. The van der Waals surface area contributed by atoms with E-state index < -0.39 is 5.91 Å². The fraction of sp³-hybridized carbons (Fsp3) is 0. The van der Waals surface area contributed by atoms with Gasteiger partial charge in [-0.15, -0.1) is 0 Å². The van der Waals surface area contributed by atoms with Crippen LogP contribution in [0.5, 0.6) is 0 Å². The maximum Gasteiger partial charge on any atom is 0.275 e. The number of aromatic nitrogens is 1. The van der Waals surface area contributed by atoms with Gasteiger partial charge in [-0.25, -0.2) is 10.5 Å². The molecule has 1 aromatic heterocycles. The molecule has 4 nitrogen and oxygen atoms in total. The first kappa shape index (κ1) is 6.70. The number of H-pyrrole nitrogens is 1. The quantitative estimate of drug-likeness (QED) is 0.411. The predicted octanol–water partition coefficient (Wildman–Crippen LogP) is -0.380. The van der Waals surface area contributed by atoms with Gasteiger partial charge in [0.15, 0.2) is 12.4 Å². The molecule has 1 amide bonds. The van der Waals surface area contributed by atoms with E-state index in [-0.39, 0.29) is 0 Å². The van der Waals surface area contributed by atoms with E-state index >= 15 is 0 Å². The number of carbonyl (C=O) groups excluding carboxylic acids is 1. The van der Waals surface area contributed by atoms with Crippen LogP contribution in [0.2, 0.25) is 0 Å². The number of hydrogen-bond donors (Lipinski definition) is 2. The van der Waals surface area contributed by atoms with Crippen molar-refractivity contribution in [1.29, 1.82) is 0 Å². The summed E-state index contributed by atoms with van der Waals surface area (Å²) in [4.78, 5) is 13.4. The molecule has 0 radical (unpaired) electrons. The minimum atomic E-state index is -0.506. The van der Waals surface area contributed by atoms with E-state index in [2.05, 4.69) is 4.98 Å². The van der Waals surface area contributed by atoms with Gasteiger partial charge in [0.05, 0.1) is 5.56 Å². The summed E-state index contributed by atoms with van der Waals surface area (Å²) in [5, 5.41) is 8.18. The van der Waals surface area contributed by atoms with Gasteiger partial charge in [0.1, 0.15) is 0 Å². The van der Waals surface area contributed by atoms with Crippen LogP contribution in [-0.2, 0) is 0 Å². The average molecular weight is 139 g/mol. The van der Waals surface area contributed by atoms with Gasteiger partial charge < -0.3 is 0 Å². The first-order chi connectivity index (χ1) is 4.84. The van der Waals surface area contributed by atoms with E-state index in [1.54, 1.807) is 24.5 Å². The summed E-state index contributed by atoms with van der Waals surface area (Å²) in [6, 6.07) is 3.12. The first-order valence-corrected chi connectivity index (χ1v) is 2.75. The zero-order chi connectivity index (χ0) is 7.40. The van der Waals surface area contributed by atoms with Crippen molar-refractivity contribution < 1.29 is 15.0 Å². The van der Waals surface area contributed by atoms with E-state index in [0.717, 1.165) is 0 Å². The van der Waals surface area contributed by atoms with Crippen LogP contribution in [0.15, 0.2) is 24.5 Å². The van der Waals surface area contributed by atoms with Crippen molar-refractivity contribution in [3.05, 3.63) is 30.1 Å². The Labute approximate surface area is 57.5 Å². The minimum Gasteiger partial charge on any atom is -0.288 e. The SMILES string of the molecule is O=C(NO)c1cc[nH+]cc1. The zero-order valence-electron chi connectivity index (χ0n) is 5.16. The van der Waals surface area contributed by atoms with Crippen molar-refractivity contribution in [1.82, 2.24) is 5.48 Å². The van der Waals surface area contributed by atoms with Crippen molar-refractivity contribution in [2.24, 2.45) is 0 Å². The fourth-order valence-electron chi connectivity index (χ4n) is 0.603. The van der Waals surface area contributed by atoms with Gasteiger partial charge in [0, 0.05) is 12.1 Å². The van der Waals surface area contributed by atoms with E-state index in [1.165, 1.54) is 5.48 Å². The van der Waals surface area contributed by atoms with E-state index in [0.29, 0.717) is 5.56 Å². The monoisotopic (exact) mass is 139 g/mol. The molecule has 0 aliphatic carbocycles. The second-order valence-corrected chi connectivity index (χ2v) is 1.73. The Balaban J connectivity index is 2.85. The molecule has 0 atom stereocenters. The molecule has 0 fully saturated rings. The van der Waals surface area contributed by atoms with Crippen molar-refractivity contribution in [2.75, 3.05) is 0 Å². The lowest BCUT2D eigenvalue weighted by Gasteiger charge is -1.92. The van der Waals surface area contributed by atoms with Crippen molar-refractivity contribution in [3.63, 3.8) is 0 Å². The van der Waals surface area contributed by atoms with Gasteiger partial charge in [0.25, 0.3) is 5.91 Å². The van der Waals surface area contributed by atoms with Crippen molar-refractivity contribution in [3.8, 4) is 0 Å². The summed E-state index contributed by atoms with van der Waals surface area (Å²) in [7, 11) is 0. The van der Waals surface area contributed by atoms with Crippen LogP contribution in [0.3, 0.4) is 0 Å². The molecule has 1 heterocycles. The number of nitrogens with one attached hydrogen (secondary N) is 2. The second-order valence-electron chi connectivity index (χ2n) is 1.73. The van der Waals surface area contributed by atoms with Crippen LogP contribution in [0, 0.1) is 0 Å². The highest BCUT2D eigenvalue weighted by Gasteiger charge is 2.01. The zero-order valence-corrected chi connectivity index (χ0v) is 5.16. The van der Waals surface area contributed by atoms with Gasteiger partial charge in [-0.2, -0.15) is 0 Å². The molecule has 0 spiro atoms. The van der Waals surface area contributed by atoms with Gasteiger partial charge in [-0.05, 0) is 0 Å². The van der Waals surface area contributed by atoms with Gasteiger partial charge in [-0.1, -0.05) is 0 Å². The molecular weight excluding hydrogens is 132 g/mol. The highest BCUT2D eigenvalue weighted by Crippen LogP contribution is 1.91. The van der Waals surface area contributed by atoms with Crippen LogP contribution in [-0.4, -0.2) is 11.1 Å². The average Bonchev–Trinajstić information content (AvgIpc) is 2.05. The smallest absolute Gasteiger partial charge is 0.275 e. The number of carbonyl (C=O) groups is 1. The molecule has 1 aromatic rings. The Hall–Kier alpha value is -1.42. The predicted molar refractivity (Wildman–Crippen MR) is 32.3 cm³/mol. The maximum absolute atomic E-state index is 10.6. The van der Waals surface area contributed by atoms with Crippen LogP contribution in [0.4, 0.5) is 0 Å². The maximum atomic E-state index is 10.6. The second kappa shape index (κ2) is 2.93. The minimum absolute atomic E-state index is 0.418. The van der Waals surface area contributed by atoms with E-state index in [1.807, 2.05) is 0 Å². The molecular formula is C6H7N2O2+. The number of rotatable bonds is 1. The normalized spacial score (nSPS) is 8.90. The van der Waals surface area contributed by atoms with Gasteiger partial charge in [-0.3, -0.25) is 10.0 Å². The number of pyridine rings is 1. The van der Waals surface area contributed by atoms with Crippen LogP contribution < -0.4 is 10.5 Å². The number of hydrogen-bond acceptors (Lipinski definition) is 2. The lowest BCUT2D eigenvalue weighted by atomic mass is 10.3. The lowest BCUT2D eigenvalue weighted by molar-refractivity contribution is -0.378. The summed E-state index contributed by atoms with van der Waals surface area (Å²) < 4.78 is 0. The molecule has 0 saturated heterocycles. The Morgan fingerprint density at radius 2 is 2.10 bits per heavy atom. The molecule has 1 rings (SSSR count). The topological polar surface area (TPSA) is 63.5 Å². The summed E-state index contributed by atoms with van der Waals surface area (Å²) >= 11 is 0. The van der Waals surface area contributed by atoms with Crippen LogP contribution in [0.1, 0.15) is 10.4 Å². The Morgan fingerprint density at radius 1 is 1.50 bits per heavy atom. The molecule has 0 unspecified atom stereocenters. The first-order valence-electron chi connectivity index (χ1n) is 2.75. The number of aromatic amines is 1. The van der Waals surface area contributed by atoms with E-state index in [9.17, 15) is 4.79 Å². The van der Waals surface area contributed by atoms with E-state index in [4.69, 9.17) is 5.21 Å². The lowest BCUT2D eigenvalue weighted by Crippen LogP contribution is -2.19. The molecule has 10 heavy (non-hydrogen) atoms. The van der Waals surface area contributed by atoms with Gasteiger partial charge >= 0.3 is 0 Å². The molecule has 3 N–H and O–H groups in total. The molecule has 0 bridgehead atoms. The largest absolute Gasteiger partial charge is 0.288 e. The summed E-state index contributed by atoms with van der Waals surface area (Å²) in [5.74, 6) is -0.506. The van der Waals surface area contributed by atoms with Crippen LogP contribution >= 0.6 is 0 Å². The van der Waals surface area contributed by atoms with Gasteiger partial charge in [0.2, 0.25) is 0 Å². The van der Waals surface area contributed by atoms with Crippen molar-refractivity contribution >= 4 is 5.91 Å². The standard InChI is InChI=1S/C6H6N2O2/c9-6(8-10)5-1-3-7-4-2-5/h1-4,10H,(H,8,9)/p+1. The summed E-state index contributed by atoms with van der Waals surface area (Å²) in [5.41, 5.74) is 1.95. The summed E-state index contributed by atoms with van der Waals surface area (Å²) in [6.07, 6.45) is 3.20. The fourth-order valence-corrected chi connectivity index (χ4v) is 0.603. The highest BCUT2D eigenvalue weighted by atomic mass is 16.5. The third-order valence-electron chi connectivity index (χ3n) is 1.08. The van der Waals surface area contributed by atoms with Crippen molar-refractivity contribution in [2.45, 2.75) is 0 Å². The number of hydroxylamine groups is 1. The molecule has 0 aliphatic rings. The Bertz CT molecular complexity index is 222. The Kier molecular flexibility index (Phi) is 1.96. The third kappa shape index (κ3) is 1.29. The molecule has 52 valence electrons. The molecule has 0 saturated carbocycles. The summed E-state index contributed by atoms with van der Waals surface area (Å²) in [6.45, 7) is 0. The highest BCUT2D eigenvalue weighted by molar-refractivity contribution is 5.92.